The molecule has 4 aromatic rings. The van der Waals surface area contributed by atoms with Crippen LogP contribution < -0.4 is 9.13 Å². The van der Waals surface area contributed by atoms with Crippen LogP contribution in [-0.4, -0.2) is 0 Å². The van der Waals surface area contributed by atoms with E-state index < -0.39 is 0 Å². The van der Waals surface area contributed by atoms with Crippen LogP contribution in [0.25, 0.3) is 16.8 Å². The van der Waals surface area contributed by atoms with Gasteiger partial charge in [-0.3, -0.25) is 0 Å². The Balaban J connectivity index is 1.48. The minimum Gasteiger partial charge on any atom is -0.201 e. The van der Waals surface area contributed by atoms with Crippen molar-refractivity contribution in [1.29, 1.82) is 0 Å². The van der Waals surface area contributed by atoms with Crippen LogP contribution in [0.3, 0.4) is 0 Å². The number of benzene rings is 2. The third kappa shape index (κ3) is 4.26. The summed E-state index contributed by atoms with van der Waals surface area (Å²) in [6.45, 7) is 0.871. The Morgan fingerprint density at radius 1 is 0.593 bits per heavy atom. The van der Waals surface area contributed by atoms with Gasteiger partial charge in [-0.2, -0.15) is 17.2 Å². The summed E-state index contributed by atoms with van der Waals surface area (Å²) in [6.07, 6.45) is 8.49. The molecule has 2 heterocycles. The molecule has 0 aliphatic heterocycles. The molecule has 2 aromatic carbocycles. The number of hydrogen-bond acceptors (Lipinski definition) is 1. The molecule has 0 fully saturated rings. The van der Waals surface area contributed by atoms with E-state index in [4.69, 9.17) is 0 Å². The molecule has 4 rings (SSSR count). The molecule has 0 saturated heterocycles. The molecule has 0 atom stereocenters. The summed E-state index contributed by atoms with van der Waals surface area (Å²) in [5, 5.41) is 0. The first-order chi connectivity index (χ1) is 13.3. The number of aromatic nitrogens is 2. The van der Waals surface area contributed by atoms with E-state index in [1.165, 1.54) is 27.9 Å². The smallest absolute Gasteiger partial charge is 0.201 e. The maximum absolute atomic E-state index is 4.31. The van der Waals surface area contributed by atoms with Crippen molar-refractivity contribution in [3.63, 3.8) is 0 Å². The molecular weight excluding hydrogens is 348 g/mol. The van der Waals surface area contributed by atoms with Crippen LogP contribution in [0, 0.1) is 0 Å². The van der Waals surface area contributed by atoms with Crippen molar-refractivity contribution >= 4 is 12.6 Å². The van der Waals surface area contributed by atoms with Gasteiger partial charge in [-0.15, -0.1) is 0 Å². The van der Waals surface area contributed by atoms with Gasteiger partial charge in [0.25, 0.3) is 0 Å². The lowest BCUT2D eigenvalue weighted by molar-refractivity contribution is -0.688. The third-order valence-electron chi connectivity index (χ3n) is 4.68. The van der Waals surface area contributed by atoms with E-state index in [-0.39, 0.29) is 0 Å². The number of nitrogens with zero attached hydrogens (tertiary/aromatic N) is 2. The van der Waals surface area contributed by atoms with Gasteiger partial charge in [0.15, 0.2) is 31.3 Å². The SMILES string of the molecule is SCc1ccc(C[n+]2ccc(-c3cc[n+](-c4ccccc4)cc3)cc2)cc1. The summed E-state index contributed by atoms with van der Waals surface area (Å²) >= 11 is 4.31. The van der Waals surface area contributed by atoms with Gasteiger partial charge >= 0.3 is 0 Å². The van der Waals surface area contributed by atoms with Crippen LogP contribution in [0.15, 0.2) is 104 Å². The molecule has 0 bridgehead atoms. The minimum atomic E-state index is 0.781. The zero-order valence-electron chi connectivity index (χ0n) is 15.1. The summed E-state index contributed by atoms with van der Waals surface area (Å²) in [7, 11) is 0. The lowest BCUT2D eigenvalue weighted by Gasteiger charge is -2.02. The van der Waals surface area contributed by atoms with Gasteiger partial charge < -0.3 is 0 Å². The first-order valence-electron chi connectivity index (χ1n) is 9.07. The quantitative estimate of drug-likeness (QED) is 0.394. The molecule has 0 aliphatic rings. The van der Waals surface area contributed by atoms with Crippen LogP contribution in [0.4, 0.5) is 0 Å². The van der Waals surface area contributed by atoms with Crippen LogP contribution in [0.5, 0.6) is 0 Å². The predicted molar refractivity (Wildman–Crippen MR) is 112 cm³/mol. The Morgan fingerprint density at radius 2 is 1.15 bits per heavy atom. The van der Waals surface area contributed by atoms with Gasteiger partial charge in [0.1, 0.15) is 0 Å². The van der Waals surface area contributed by atoms with Crippen molar-refractivity contribution in [1.82, 2.24) is 0 Å². The van der Waals surface area contributed by atoms with Gasteiger partial charge in [0.05, 0.1) is 0 Å². The Labute approximate surface area is 165 Å². The summed E-state index contributed by atoms with van der Waals surface area (Å²) in [6, 6.07) is 27.6. The molecule has 0 amide bonds. The number of para-hydroxylation sites is 1. The average Bonchev–Trinajstić information content (AvgIpc) is 2.76. The molecule has 27 heavy (non-hydrogen) atoms. The molecule has 0 radical (unpaired) electrons. The molecule has 0 aliphatic carbocycles. The number of thiol groups is 1. The first kappa shape index (κ1) is 17.5. The van der Waals surface area contributed by atoms with Crippen LogP contribution in [0.2, 0.25) is 0 Å². The van der Waals surface area contributed by atoms with Crippen LogP contribution >= 0.6 is 12.6 Å². The van der Waals surface area contributed by atoms with E-state index >= 15 is 0 Å². The van der Waals surface area contributed by atoms with Gasteiger partial charge in [-0.05, 0) is 16.7 Å². The second-order valence-electron chi connectivity index (χ2n) is 6.56. The van der Waals surface area contributed by atoms with Gasteiger partial charge in [0, 0.05) is 47.7 Å². The summed E-state index contributed by atoms with van der Waals surface area (Å²) in [4.78, 5) is 0. The molecule has 3 heteroatoms. The minimum absolute atomic E-state index is 0.781. The maximum Gasteiger partial charge on any atom is 0.210 e. The molecule has 0 saturated carbocycles. The standard InChI is InChI=1S/C24H21N2S/c27-19-21-8-6-20(7-9-21)18-25-14-10-22(11-15-25)23-12-16-26(17-13-23)24-4-2-1-3-5-24/h1-17H,18-19H2/q+1/p+1. The zero-order chi connectivity index (χ0) is 18.5. The van der Waals surface area contributed by atoms with Crippen molar-refractivity contribution in [3.05, 3.63) is 115 Å². The Hall–Kier alpha value is -2.91. The van der Waals surface area contributed by atoms with Crippen LogP contribution in [0.1, 0.15) is 11.1 Å². The van der Waals surface area contributed by atoms with Gasteiger partial charge in [-0.25, -0.2) is 4.57 Å². The highest BCUT2D eigenvalue weighted by molar-refractivity contribution is 7.79. The average molecular weight is 371 g/mol. The van der Waals surface area contributed by atoms with E-state index in [0.717, 1.165) is 12.3 Å². The van der Waals surface area contributed by atoms with Crippen molar-refractivity contribution in [2.24, 2.45) is 0 Å². The topological polar surface area (TPSA) is 7.76 Å². The van der Waals surface area contributed by atoms with E-state index in [1.54, 1.807) is 0 Å². The van der Waals surface area contributed by atoms with Crippen molar-refractivity contribution in [3.8, 4) is 16.8 Å². The molecule has 2 aromatic heterocycles. The Bertz CT molecular complexity index is 993. The largest absolute Gasteiger partial charge is 0.210 e. The highest BCUT2D eigenvalue weighted by Gasteiger charge is 2.08. The Morgan fingerprint density at radius 3 is 1.74 bits per heavy atom. The molecule has 132 valence electrons. The Kier molecular flexibility index (Phi) is 5.31. The fourth-order valence-corrected chi connectivity index (χ4v) is 3.32. The van der Waals surface area contributed by atoms with Crippen LogP contribution in [-0.2, 0) is 12.3 Å². The zero-order valence-corrected chi connectivity index (χ0v) is 16.0. The van der Waals surface area contributed by atoms with E-state index in [1.807, 2.05) is 6.07 Å². The molecule has 0 N–H and O–H groups in total. The van der Waals surface area contributed by atoms with E-state index in [0.29, 0.717) is 0 Å². The molecule has 2 nitrogen and oxygen atoms in total. The second kappa shape index (κ2) is 8.19. The van der Waals surface area contributed by atoms with Crippen molar-refractivity contribution in [2.45, 2.75) is 12.3 Å². The van der Waals surface area contributed by atoms with Gasteiger partial charge in [0.2, 0.25) is 5.69 Å². The number of pyridine rings is 2. The summed E-state index contributed by atoms with van der Waals surface area (Å²) in [5.74, 6) is 0.781. The number of hydrogen-bond donors (Lipinski definition) is 1. The molecule has 0 unspecified atom stereocenters. The fourth-order valence-electron chi connectivity index (χ4n) is 3.11. The highest BCUT2D eigenvalue weighted by atomic mass is 32.1. The fraction of sp³-hybridized carbons (Fsp3) is 0.0833. The number of rotatable bonds is 5. The monoisotopic (exact) mass is 370 g/mol. The van der Waals surface area contributed by atoms with Crippen molar-refractivity contribution < 1.29 is 9.13 Å². The molecule has 0 spiro atoms. The van der Waals surface area contributed by atoms with Gasteiger partial charge in [-0.1, -0.05) is 42.5 Å². The maximum atomic E-state index is 4.31. The predicted octanol–water partition coefficient (Wildman–Crippen LogP) is 4.40. The first-order valence-corrected chi connectivity index (χ1v) is 9.70. The highest BCUT2D eigenvalue weighted by Crippen LogP contribution is 2.16. The van der Waals surface area contributed by atoms with E-state index in [9.17, 15) is 0 Å². The second-order valence-corrected chi connectivity index (χ2v) is 6.88. The normalized spacial score (nSPS) is 10.7. The third-order valence-corrected chi connectivity index (χ3v) is 5.04. The lowest BCUT2D eigenvalue weighted by Crippen LogP contribution is -2.33. The molecular formula is C24H22N2S+2. The summed E-state index contributed by atoms with van der Waals surface area (Å²) < 4.78 is 4.33. The van der Waals surface area contributed by atoms with E-state index in [2.05, 4.69) is 119 Å². The lowest BCUT2D eigenvalue weighted by atomic mass is 10.1. The summed E-state index contributed by atoms with van der Waals surface area (Å²) in [5.41, 5.74) is 6.14. The van der Waals surface area contributed by atoms with Crippen molar-refractivity contribution in [2.75, 3.05) is 0 Å².